The Morgan fingerprint density at radius 2 is 1.97 bits per heavy atom. The third kappa shape index (κ3) is 8.42. The number of hydrogen-bond acceptors (Lipinski definition) is 5. The number of thiophene rings is 1. The normalized spacial score (nSPS) is 25.7. The Morgan fingerprint density at radius 1 is 1.24 bits per heavy atom. The van der Waals surface area contributed by atoms with Gasteiger partial charge in [0, 0.05) is 18.8 Å². The zero-order chi connectivity index (χ0) is 21.4. The molecule has 0 radical (unpaired) electrons. The van der Waals surface area contributed by atoms with Crippen LogP contribution < -0.4 is 5.73 Å². The van der Waals surface area contributed by atoms with Crippen molar-refractivity contribution in [1.82, 2.24) is 0 Å². The number of aliphatic hydroxyl groups excluding tert-OH is 3. The number of carbonyl (C=O) groups is 1. The summed E-state index contributed by atoms with van der Waals surface area (Å²) in [5.74, 6) is -0.388. The third-order valence-electron chi connectivity index (χ3n) is 5.62. The Kier molecular flexibility index (Phi) is 10.8. The van der Waals surface area contributed by atoms with Gasteiger partial charge in [-0.1, -0.05) is 31.4 Å². The van der Waals surface area contributed by atoms with Gasteiger partial charge in [0.15, 0.2) is 0 Å². The van der Waals surface area contributed by atoms with E-state index in [9.17, 15) is 20.1 Å². The summed E-state index contributed by atoms with van der Waals surface area (Å²) >= 11 is 8.62. The summed E-state index contributed by atoms with van der Waals surface area (Å²) in [5, 5.41) is 31.0. The average Bonchev–Trinajstić information content (AvgIpc) is 3.11. The minimum Gasteiger partial charge on any atom is -0.393 e. The number of halogens is 2. The quantitative estimate of drug-likeness (QED) is 0.229. The molecule has 1 saturated carbocycles. The lowest BCUT2D eigenvalue weighted by molar-refractivity contribution is -0.118. The molecule has 29 heavy (non-hydrogen) atoms. The lowest BCUT2D eigenvalue weighted by Crippen LogP contribution is -2.21. The van der Waals surface area contributed by atoms with E-state index in [0.717, 1.165) is 46.1 Å². The Bertz CT molecular complexity index is 682. The maximum absolute atomic E-state index is 10.8. The first-order valence-corrected chi connectivity index (χ1v) is 12.6. The maximum Gasteiger partial charge on any atom is 0.217 e. The van der Waals surface area contributed by atoms with E-state index in [2.05, 4.69) is 37.9 Å². The number of rotatable bonds is 12. The summed E-state index contributed by atoms with van der Waals surface area (Å²) in [6.45, 7) is 0. The molecule has 5 nitrogen and oxygen atoms in total. The standard InChI is InChI=1S/C21H31Br2NO4S/c22-19-11-13(21(23)29-19)7-8-14(25)9-10-16-15(17(26)12-18(16)27)5-3-1-2-4-6-20(24)28/h9-11,14-18,25-27H,1-8,12H2,(H2,24,28)/b10-9+/t14-,15+,16+,17-,18+/m0/s1. The third-order valence-corrected chi connectivity index (χ3v) is 8.08. The number of carbonyl (C=O) groups excluding carboxylic acids is 1. The van der Waals surface area contributed by atoms with Crippen molar-refractivity contribution in [3.8, 4) is 0 Å². The minimum atomic E-state index is -0.583. The van der Waals surface area contributed by atoms with Crippen molar-refractivity contribution < 1.29 is 20.1 Å². The van der Waals surface area contributed by atoms with Crippen molar-refractivity contribution in [1.29, 1.82) is 0 Å². The second kappa shape index (κ2) is 12.6. The Labute approximate surface area is 193 Å². The molecular formula is C21H31Br2NO4S. The van der Waals surface area contributed by atoms with Crippen molar-refractivity contribution in [3.63, 3.8) is 0 Å². The van der Waals surface area contributed by atoms with Gasteiger partial charge in [-0.15, -0.1) is 11.3 Å². The predicted molar refractivity (Wildman–Crippen MR) is 124 cm³/mol. The lowest BCUT2D eigenvalue weighted by Gasteiger charge is -2.21. The lowest BCUT2D eigenvalue weighted by atomic mass is 9.88. The molecule has 1 aromatic rings. The van der Waals surface area contributed by atoms with E-state index in [1.807, 2.05) is 6.08 Å². The zero-order valence-electron chi connectivity index (χ0n) is 16.5. The summed E-state index contributed by atoms with van der Waals surface area (Å²) in [6, 6.07) is 2.06. The fraction of sp³-hybridized carbons (Fsp3) is 0.667. The highest BCUT2D eigenvalue weighted by atomic mass is 79.9. The Balaban J connectivity index is 1.79. The Morgan fingerprint density at radius 3 is 2.62 bits per heavy atom. The molecule has 1 aliphatic carbocycles. The van der Waals surface area contributed by atoms with E-state index >= 15 is 0 Å². The molecule has 1 fully saturated rings. The number of hydrogen-bond donors (Lipinski definition) is 4. The number of primary amides is 1. The van der Waals surface area contributed by atoms with Gasteiger partial charge in [-0.05, 0) is 75.1 Å². The van der Waals surface area contributed by atoms with Crippen LogP contribution >= 0.6 is 43.2 Å². The monoisotopic (exact) mass is 551 g/mol. The van der Waals surface area contributed by atoms with Crippen LogP contribution in [-0.4, -0.2) is 39.5 Å². The number of aryl methyl sites for hydroxylation is 1. The highest BCUT2D eigenvalue weighted by Gasteiger charge is 2.39. The smallest absolute Gasteiger partial charge is 0.217 e. The molecule has 0 bridgehead atoms. The second-order valence-electron chi connectivity index (χ2n) is 7.87. The molecule has 0 aromatic carbocycles. The average molecular weight is 553 g/mol. The van der Waals surface area contributed by atoms with Gasteiger partial charge in [0.05, 0.1) is 25.9 Å². The van der Waals surface area contributed by atoms with E-state index in [1.54, 1.807) is 17.4 Å². The first-order chi connectivity index (χ1) is 13.8. The summed E-state index contributed by atoms with van der Waals surface area (Å²) < 4.78 is 2.13. The molecule has 164 valence electrons. The van der Waals surface area contributed by atoms with E-state index in [4.69, 9.17) is 5.73 Å². The van der Waals surface area contributed by atoms with E-state index in [1.165, 1.54) is 5.56 Å². The van der Waals surface area contributed by atoms with Crippen LogP contribution in [0.2, 0.25) is 0 Å². The van der Waals surface area contributed by atoms with Crippen LogP contribution in [0.15, 0.2) is 25.8 Å². The SMILES string of the molecule is NC(=O)CCCCCC[C@@H]1[C@@H](/C=C/[C@@H](O)CCc2cc(Br)sc2Br)[C@H](O)C[C@@H]1O. The first-order valence-electron chi connectivity index (χ1n) is 10.2. The van der Waals surface area contributed by atoms with Crippen LogP contribution in [0.1, 0.15) is 56.9 Å². The first kappa shape index (κ1) is 25.0. The molecule has 0 spiro atoms. The van der Waals surface area contributed by atoms with Gasteiger partial charge in [-0.3, -0.25) is 4.79 Å². The Hall–Kier alpha value is -0.250. The highest BCUT2D eigenvalue weighted by Crippen LogP contribution is 2.37. The van der Waals surface area contributed by atoms with Crippen LogP contribution in [0, 0.1) is 11.8 Å². The van der Waals surface area contributed by atoms with Crippen LogP contribution in [-0.2, 0) is 11.2 Å². The molecule has 0 unspecified atom stereocenters. The van der Waals surface area contributed by atoms with Crippen molar-refractivity contribution in [2.45, 2.75) is 76.1 Å². The molecule has 1 amide bonds. The predicted octanol–water partition coefficient (Wildman–Crippen LogP) is 4.31. The molecule has 0 aliphatic heterocycles. The molecule has 1 heterocycles. The van der Waals surface area contributed by atoms with Gasteiger partial charge in [0.25, 0.3) is 0 Å². The van der Waals surface area contributed by atoms with E-state index in [-0.39, 0.29) is 17.7 Å². The molecule has 5 N–H and O–H groups in total. The van der Waals surface area contributed by atoms with Crippen molar-refractivity contribution >= 4 is 49.1 Å². The number of nitrogens with two attached hydrogens (primary N) is 1. The molecule has 5 atom stereocenters. The van der Waals surface area contributed by atoms with Gasteiger partial charge in [-0.25, -0.2) is 0 Å². The van der Waals surface area contributed by atoms with E-state index in [0.29, 0.717) is 19.3 Å². The largest absolute Gasteiger partial charge is 0.393 e. The minimum absolute atomic E-state index is 0.00608. The van der Waals surface area contributed by atoms with Gasteiger partial charge in [0.1, 0.15) is 0 Å². The highest BCUT2D eigenvalue weighted by molar-refractivity contribution is 9.12. The van der Waals surface area contributed by atoms with E-state index < -0.39 is 18.3 Å². The molecule has 8 heteroatoms. The van der Waals surface area contributed by atoms with Crippen molar-refractivity contribution in [2.24, 2.45) is 17.6 Å². The molecule has 2 rings (SSSR count). The molecule has 1 aliphatic rings. The van der Waals surface area contributed by atoms with Crippen LogP contribution in [0.4, 0.5) is 0 Å². The summed E-state index contributed by atoms with van der Waals surface area (Å²) in [6.07, 6.45) is 8.67. The zero-order valence-corrected chi connectivity index (χ0v) is 20.5. The summed E-state index contributed by atoms with van der Waals surface area (Å²) in [7, 11) is 0. The van der Waals surface area contributed by atoms with Gasteiger partial charge >= 0.3 is 0 Å². The topological polar surface area (TPSA) is 104 Å². The van der Waals surface area contributed by atoms with Gasteiger partial charge in [-0.2, -0.15) is 0 Å². The summed E-state index contributed by atoms with van der Waals surface area (Å²) in [4.78, 5) is 10.8. The van der Waals surface area contributed by atoms with Gasteiger partial charge < -0.3 is 21.1 Å². The van der Waals surface area contributed by atoms with Gasteiger partial charge in [0.2, 0.25) is 5.91 Å². The second-order valence-corrected chi connectivity index (χ2v) is 11.6. The van der Waals surface area contributed by atoms with Crippen molar-refractivity contribution in [3.05, 3.63) is 31.4 Å². The maximum atomic E-state index is 10.8. The van der Waals surface area contributed by atoms with Crippen molar-refractivity contribution in [2.75, 3.05) is 0 Å². The number of aliphatic hydroxyl groups is 3. The summed E-state index contributed by atoms with van der Waals surface area (Å²) in [5.41, 5.74) is 6.31. The van der Waals surface area contributed by atoms with Crippen LogP contribution in [0.3, 0.4) is 0 Å². The number of unbranched alkanes of at least 4 members (excludes halogenated alkanes) is 3. The molecule has 1 aromatic heterocycles. The fourth-order valence-corrected chi connectivity index (χ4v) is 6.92. The number of amides is 1. The molecule has 0 saturated heterocycles. The van der Waals surface area contributed by atoms with Crippen LogP contribution in [0.25, 0.3) is 0 Å². The fourth-order valence-electron chi connectivity index (χ4n) is 4.01. The van der Waals surface area contributed by atoms with Crippen LogP contribution in [0.5, 0.6) is 0 Å². The molecular weight excluding hydrogens is 522 g/mol.